The minimum Gasteiger partial charge on any atom is -0.456 e. The maximum Gasteiger partial charge on any atom is 0.303 e. The van der Waals surface area contributed by atoms with E-state index in [0.29, 0.717) is 0 Å². The molecule has 0 aliphatic carbocycles. The molecular weight excluding hydrogens is 664 g/mol. The van der Waals surface area contributed by atoms with Gasteiger partial charge in [0.2, 0.25) is 0 Å². The molecular formula is C38H44O13. The Morgan fingerprint density at radius 2 is 0.980 bits per heavy atom. The second-order valence-corrected chi connectivity index (χ2v) is 12.2. The van der Waals surface area contributed by atoms with Crippen molar-refractivity contribution in [3.63, 3.8) is 0 Å². The molecule has 0 aromatic heterocycles. The lowest BCUT2D eigenvalue weighted by atomic mass is 9.97. The second kappa shape index (κ2) is 18.9. The molecule has 1 N–H and O–H groups in total. The van der Waals surface area contributed by atoms with Gasteiger partial charge in [0.15, 0.2) is 30.9 Å². The maximum atomic E-state index is 12.6. The fourth-order valence-corrected chi connectivity index (χ4v) is 5.94. The molecule has 2 aliphatic heterocycles. The van der Waals surface area contributed by atoms with Crippen LogP contribution in [0.3, 0.4) is 0 Å². The number of hydrogen-bond acceptors (Lipinski definition) is 13. The van der Waals surface area contributed by atoms with Crippen LogP contribution < -0.4 is 0 Å². The number of ether oxygens (including phenoxy) is 9. The molecule has 2 saturated heterocycles. The molecule has 0 saturated carbocycles. The molecule has 0 spiro atoms. The Morgan fingerprint density at radius 3 is 1.47 bits per heavy atom. The molecule has 3 aromatic rings. The topological polar surface area (TPSA) is 155 Å². The highest BCUT2D eigenvalue weighted by Gasteiger charge is 2.55. The fourth-order valence-electron chi connectivity index (χ4n) is 5.94. The van der Waals surface area contributed by atoms with E-state index in [-0.39, 0.29) is 33.0 Å². The van der Waals surface area contributed by atoms with Crippen LogP contribution in [0.1, 0.15) is 37.5 Å². The summed E-state index contributed by atoms with van der Waals surface area (Å²) in [4.78, 5) is 37.2. The van der Waals surface area contributed by atoms with Crippen LogP contribution >= 0.6 is 0 Å². The molecule has 3 aromatic carbocycles. The van der Waals surface area contributed by atoms with Gasteiger partial charge in [-0.2, -0.15) is 0 Å². The zero-order chi connectivity index (χ0) is 36.2. The van der Waals surface area contributed by atoms with E-state index in [1.165, 1.54) is 20.8 Å². The summed E-state index contributed by atoms with van der Waals surface area (Å²) in [6.07, 6.45) is -10.9. The lowest BCUT2D eigenvalue weighted by Gasteiger charge is -2.45. The summed E-state index contributed by atoms with van der Waals surface area (Å²) < 4.78 is 54.1. The van der Waals surface area contributed by atoms with E-state index in [4.69, 9.17) is 42.6 Å². The lowest BCUT2D eigenvalue weighted by molar-refractivity contribution is -0.331. The monoisotopic (exact) mass is 708 g/mol. The summed E-state index contributed by atoms with van der Waals surface area (Å²) in [7, 11) is 0. The van der Waals surface area contributed by atoms with Gasteiger partial charge in [-0.1, -0.05) is 91.0 Å². The van der Waals surface area contributed by atoms with Gasteiger partial charge < -0.3 is 47.7 Å². The third kappa shape index (κ3) is 11.1. The molecule has 0 unspecified atom stereocenters. The number of aliphatic hydroxyl groups is 1. The minimum absolute atomic E-state index is 0.0369. The molecule has 2 aliphatic rings. The second-order valence-electron chi connectivity index (χ2n) is 12.2. The third-order valence-electron chi connectivity index (χ3n) is 8.15. The summed E-state index contributed by atoms with van der Waals surface area (Å²) in [6, 6.07) is 28.1. The summed E-state index contributed by atoms with van der Waals surface area (Å²) >= 11 is 0. The molecule has 13 heteroatoms. The van der Waals surface area contributed by atoms with Gasteiger partial charge in [0.05, 0.1) is 33.0 Å². The first-order valence-corrected chi connectivity index (χ1v) is 16.7. The zero-order valence-electron chi connectivity index (χ0n) is 28.7. The van der Waals surface area contributed by atoms with Crippen molar-refractivity contribution >= 4 is 17.9 Å². The molecule has 0 bridgehead atoms. The highest BCUT2D eigenvalue weighted by molar-refractivity contribution is 5.67. The van der Waals surface area contributed by atoms with E-state index in [0.717, 1.165) is 16.7 Å². The van der Waals surface area contributed by atoms with Gasteiger partial charge in [-0.15, -0.1) is 0 Å². The van der Waals surface area contributed by atoms with Gasteiger partial charge in [0.1, 0.15) is 24.4 Å². The normalized spacial score (nSPS) is 27.4. The first kappa shape index (κ1) is 38.0. The van der Waals surface area contributed by atoms with Gasteiger partial charge >= 0.3 is 17.9 Å². The number of carbonyl (C=O) groups is 3. The van der Waals surface area contributed by atoms with Crippen molar-refractivity contribution in [2.24, 2.45) is 0 Å². The van der Waals surface area contributed by atoms with Gasteiger partial charge in [-0.3, -0.25) is 14.4 Å². The van der Waals surface area contributed by atoms with Crippen molar-refractivity contribution in [2.75, 3.05) is 13.2 Å². The number of hydrogen-bond donors (Lipinski definition) is 1. The highest BCUT2D eigenvalue weighted by Crippen LogP contribution is 2.35. The molecule has 9 atom stereocenters. The maximum absolute atomic E-state index is 12.6. The zero-order valence-corrected chi connectivity index (χ0v) is 28.7. The number of rotatable bonds is 16. The average Bonchev–Trinajstić information content (AvgIpc) is 3.39. The number of esters is 3. The first-order valence-electron chi connectivity index (χ1n) is 16.7. The van der Waals surface area contributed by atoms with Crippen molar-refractivity contribution in [1.29, 1.82) is 0 Å². The van der Waals surface area contributed by atoms with Crippen molar-refractivity contribution in [3.8, 4) is 0 Å². The molecule has 13 nitrogen and oxygen atoms in total. The van der Waals surface area contributed by atoms with Crippen LogP contribution in [0.15, 0.2) is 91.0 Å². The van der Waals surface area contributed by atoms with Crippen LogP contribution in [0.25, 0.3) is 0 Å². The van der Waals surface area contributed by atoms with Crippen molar-refractivity contribution < 1.29 is 62.1 Å². The fraction of sp³-hybridized carbons (Fsp3) is 0.447. The van der Waals surface area contributed by atoms with E-state index in [1.54, 1.807) is 0 Å². The van der Waals surface area contributed by atoms with E-state index in [2.05, 4.69) is 0 Å². The van der Waals surface area contributed by atoms with Crippen LogP contribution in [0.4, 0.5) is 0 Å². The Kier molecular flexibility index (Phi) is 14.1. The van der Waals surface area contributed by atoms with Gasteiger partial charge in [-0.25, -0.2) is 0 Å². The Hall–Kier alpha value is -4.21. The van der Waals surface area contributed by atoms with Crippen molar-refractivity contribution in [1.82, 2.24) is 0 Å². The molecule has 0 amide bonds. The predicted octanol–water partition coefficient (Wildman–Crippen LogP) is 3.63. The lowest BCUT2D eigenvalue weighted by Crippen LogP contribution is -2.63. The van der Waals surface area contributed by atoms with E-state index in [1.807, 2.05) is 91.0 Å². The quantitative estimate of drug-likeness (QED) is 0.170. The third-order valence-corrected chi connectivity index (χ3v) is 8.15. The SMILES string of the molecule is CC(=O)O[C@@H]1[C@@H](OCc2ccccc2)[C@@H](O[C@H]2[C@@H](OC(C)=O)[C@H](O)O[C@@H]2COCc2ccccc2)O[C@H](COCc2ccccc2)[C@H]1OC(C)=O. The van der Waals surface area contributed by atoms with Crippen LogP contribution in [0.2, 0.25) is 0 Å². The van der Waals surface area contributed by atoms with Crippen LogP contribution in [0, 0.1) is 0 Å². The molecule has 2 fully saturated rings. The molecule has 2 heterocycles. The van der Waals surface area contributed by atoms with Crippen LogP contribution in [0.5, 0.6) is 0 Å². The minimum atomic E-state index is -1.56. The van der Waals surface area contributed by atoms with Gasteiger partial charge in [-0.05, 0) is 16.7 Å². The Balaban J connectivity index is 1.44. The Labute approximate surface area is 296 Å². The smallest absolute Gasteiger partial charge is 0.303 e. The van der Waals surface area contributed by atoms with Crippen molar-refractivity contribution in [2.45, 2.75) is 95.9 Å². The summed E-state index contributed by atoms with van der Waals surface area (Å²) in [5.74, 6) is -1.99. The standard InChI is InChI=1S/C38H44O13/c1-24(39)46-32-31(23-44-20-28-15-9-5-10-16-28)50-38(36(34(32)47-25(2)40)45-21-29-17-11-6-12-18-29)51-33-30(49-37(42)35(33)48-26(3)41)22-43-19-27-13-7-4-8-14-27/h4-18,30-38,42H,19-23H2,1-3H3/t30-,31-,32-,33-,34+,35-,36-,37-,38-/m1/s1. The highest BCUT2D eigenvalue weighted by atomic mass is 16.8. The largest absolute Gasteiger partial charge is 0.456 e. The summed E-state index contributed by atoms with van der Waals surface area (Å²) in [6.45, 7) is 3.99. The molecule has 274 valence electrons. The Bertz CT molecular complexity index is 1520. The summed E-state index contributed by atoms with van der Waals surface area (Å²) in [5, 5.41) is 10.9. The molecule has 0 radical (unpaired) electrons. The van der Waals surface area contributed by atoms with Crippen molar-refractivity contribution in [3.05, 3.63) is 108 Å². The Morgan fingerprint density at radius 1 is 0.549 bits per heavy atom. The summed E-state index contributed by atoms with van der Waals surface area (Å²) in [5.41, 5.74) is 2.60. The van der Waals surface area contributed by atoms with Gasteiger partial charge in [0.25, 0.3) is 0 Å². The van der Waals surface area contributed by atoms with Gasteiger partial charge in [0, 0.05) is 20.8 Å². The van der Waals surface area contributed by atoms with E-state index >= 15 is 0 Å². The van der Waals surface area contributed by atoms with Crippen LogP contribution in [-0.4, -0.2) is 91.5 Å². The molecule has 5 rings (SSSR count). The van der Waals surface area contributed by atoms with E-state index < -0.39 is 73.2 Å². The van der Waals surface area contributed by atoms with E-state index in [9.17, 15) is 19.5 Å². The average molecular weight is 709 g/mol. The number of aliphatic hydroxyl groups excluding tert-OH is 1. The predicted molar refractivity (Wildman–Crippen MR) is 178 cm³/mol. The number of carbonyl (C=O) groups excluding carboxylic acids is 3. The van der Waals surface area contributed by atoms with Crippen LogP contribution in [-0.2, 0) is 76.8 Å². The molecule has 51 heavy (non-hydrogen) atoms. The number of benzene rings is 3. The first-order chi connectivity index (χ1) is 24.7.